The number of nitrogens with zero attached hydrogens (tertiary/aromatic N) is 2. The molecule has 8 nitrogen and oxygen atoms in total. The lowest BCUT2D eigenvalue weighted by atomic mass is 10.2. The number of hydrogen-bond donors (Lipinski definition) is 2. The van der Waals surface area contributed by atoms with Crippen molar-refractivity contribution in [2.75, 3.05) is 20.3 Å². The van der Waals surface area contributed by atoms with Gasteiger partial charge in [-0.15, -0.1) is 0 Å². The molecule has 0 atom stereocenters. The topological polar surface area (TPSA) is 98.0 Å². The summed E-state index contributed by atoms with van der Waals surface area (Å²) in [6.07, 6.45) is 1.40. The third kappa shape index (κ3) is 6.83. The molecule has 10 heteroatoms. The number of hydrogen-bond acceptors (Lipinski definition) is 6. The van der Waals surface area contributed by atoms with Crippen LogP contribution in [0.15, 0.2) is 52.0 Å². The van der Waals surface area contributed by atoms with Gasteiger partial charge in [0.25, 0.3) is 5.69 Å². The minimum atomic E-state index is -0.483. The van der Waals surface area contributed by atoms with E-state index in [4.69, 9.17) is 21.7 Å². The number of rotatable bonds is 8. The van der Waals surface area contributed by atoms with Crippen molar-refractivity contribution in [1.29, 1.82) is 0 Å². The van der Waals surface area contributed by atoms with E-state index in [-0.39, 0.29) is 12.3 Å². The van der Waals surface area contributed by atoms with Gasteiger partial charge in [-0.2, -0.15) is 5.10 Å². The second kappa shape index (κ2) is 10.4. The van der Waals surface area contributed by atoms with Crippen molar-refractivity contribution < 1.29 is 14.4 Å². The van der Waals surface area contributed by atoms with Crippen molar-refractivity contribution in [3.8, 4) is 11.5 Å². The average Bonchev–Trinajstić information content (AvgIpc) is 2.67. The van der Waals surface area contributed by atoms with Crippen LogP contribution in [0.25, 0.3) is 0 Å². The summed E-state index contributed by atoms with van der Waals surface area (Å²) in [6, 6.07) is 11.7. The Balaban J connectivity index is 1.99. The van der Waals surface area contributed by atoms with Crippen molar-refractivity contribution in [1.82, 2.24) is 10.7 Å². The maximum atomic E-state index is 11.0. The molecule has 0 heterocycles. The molecule has 142 valence electrons. The summed E-state index contributed by atoms with van der Waals surface area (Å²) in [5.74, 6) is 1.16. The maximum absolute atomic E-state index is 11.0. The van der Waals surface area contributed by atoms with Crippen molar-refractivity contribution >= 4 is 45.2 Å². The maximum Gasteiger partial charge on any atom is 0.270 e. The Morgan fingerprint density at radius 3 is 2.63 bits per heavy atom. The fourth-order valence-corrected chi connectivity index (χ4v) is 2.26. The molecule has 0 aliphatic rings. The van der Waals surface area contributed by atoms with E-state index in [0.717, 1.165) is 10.2 Å². The lowest BCUT2D eigenvalue weighted by Crippen LogP contribution is -2.28. The summed E-state index contributed by atoms with van der Waals surface area (Å²) < 4.78 is 12.2. The van der Waals surface area contributed by atoms with E-state index in [0.29, 0.717) is 23.0 Å². The van der Waals surface area contributed by atoms with Gasteiger partial charge in [-0.3, -0.25) is 15.5 Å². The standard InChI is InChI=1S/C17H17BrN4O4S/c1-19-17(27)21-20-11-12-10-14(22(23)24)4-7-16(12)26-9-8-25-15-5-2-13(18)3-6-15/h2-7,10-11H,8-9H2,1H3,(H2,19,21,27). The largest absolute Gasteiger partial charge is 0.490 e. The van der Waals surface area contributed by atoms with Gasteiger partial charge in [-0.05, 0) is 42.5 Å². The van der Waals surface area contributed by atoms with E-state index in [2.05, 4.69) is 31.8 Å². The summed E-state index contributed by atoms with van der Waals surface area (Å²) in [4.78, 5) is 10.5. The highest BCUT2D eigenvalue weighted by atomic mass is 79.9. The summed E-state index contributed by atoms with van der Waals surface area (Å²) in [7, 11) is 1.65. The number of nitro benzene ring substituents is 1. The molecule has 0 aromatic heterocycles. The van der Waals surface area contributed by atoms with Crippen molar-refractivity contribution in [2.24, 2.45) is 5.10 Å². The fourth-order valence-electron chi connectivity index (χ4n) is 1.94. The Labute approximate surface area is 169 Å². The lowest BCUT2D eigenvalue weighted by molar-refractivity contribution is -0.384. The van der Waals surface area contributed by atoms with Crippen LogP contribution in [0.4, 0.5) is 5.69 Å². The van der Waals surface area contributed by atoms with Crippen LogP contribution in [0.3, 0.4) is 0 Å². The third-order valence-electron chi connectivity index (χ3n) is 3.22. The Bertz CT molecular complexity index is 830. The van der Waals surface area contributed by atoms with Crippen LogP contribution >= 0.6 is 28.1 Å². The van der Waals surface area contributed by atoms with Gasteiger partial charge in [0.1, 0.15) is 24.7 Å². The highest BCUT2D eigenvalue weighted by Crippen LogP contribution is 2.23. The zero-order valence-electron chi connectivity index (χ0n) is 14.3. The molecular weight excluding hydrogens is 436 g/mol. The van der Waals surface area contributed by atoms with Crippen LogP contribution in [-0.2, 0) is 0 Å². The van der Waals surface area contributed by atoms with Gasteiger partial charge >= 0.3 is 0 Å². The summed E-state index contributed by atoms with van der Waals surface area (Å²) in [6.45, 7) is 0.578. The number of hydrazone groups is 1. The summed E-state index contributed by atoms with van der Waals surface area (Å²) >= 11 is 8.27. The highest BCUT2D eigenvalue weighted by molar-refractivity contribution is 9.10. The van der Waals surface area contributed by atoms with Gasteiger partial charge in [0.15, 0.2) is 5.11 Å². The summed E-state index contributed by atoms with van der Waals surface area (Å²) in [5, 5.41) is 18.0. The number of ether oxygens (including phenoxy) is 2. The van der Waals surface area contributed by atoms with Crippen molar-refractivity contribution in [3.05, 3.63) is 62.6 Å². The number of benzene rings is 2. The molecule has 0 radical (unpaired) electrons. The molecule has 2 N–H and O–H groups in total. The summed E-state index contributed by atoms with van der Waals surface area (Å²) in [5.41, 5.74) is 2.97. The first-order valence-corrected chi connectivity index (χ1v) is 9.00. The highest BCUT2D eigenvalue weighted by Gasteiger charge is 2.11. The SMILES string of the molecule is CNC(=S)NN=Cc1cc([N+](=O)[O-])ccc1OCCOc1ccc(Br)cc1. The molecule has 0 fully saturated rings. The normalized spacial score (nSPS) is 10.4. The van der Waals surface area contributed by atoms with Crippen LogP contribution in [0.2, 0.25) is 0 Å². The Kier molecular flexibility index (Phi) is 7.96. The zero-order valence-corrected chi connectivity index (χ0v) is 16.7. The molecule has 0 saturated heterocycles. The predicted molar refractivity (Wildman–Crippen MR) is 111 cm³/mol. The molecule has 0 aliphatic heterocycles. The molecule has 0 unspecified atom stereocenters. The van der Waals surface area contributed by atoms with Gasteiger partial charge in [0, 0.05) is 29.2 Å². The van der Waals surface area contributed by atoms with Crippen molar-refractivity contribution in [3.63, 3.8) is 0 Å². The quantitative estimate of drug-likeness (QED) is 0.208. The van der Waals surface area contributed by atoms with Gasteiger partial charge < -0.3 is 14.8 Å². The van der Waals surface area contributed by atoms with Gasteiger partial charge in [0.05, 0.1) is 11.1 Å². The molecular formula is C17H17BrN4O4S. The molecule has 0 amide bonds. The number of halogens is 1. The molecule has 2 aromatic rings. The first-order valence-electron chi connectivity index (χ1n) is 7.80. The Hall–Kier alpha value is -2.72. The number of nitrogens with one attached hydrogen (secondary N) is 2. The minimum Gasteiger partial charge on any atom is -0.490 e. The van der Waals surface area contributed by atoms with Crippen molar-refractivity contribution in [2.45, 2.75) is 0 Å². The average molecular weight is 453 g/mol. The monoisotopic (exact) mass is 452 g/mol. The van der Waals surface area contributed by atoms with Crippen LogP contribution < -0.4 is 20.2 Å². The first-order chi connectivity index (χ1) is 13.0. The molecule has 0 spiro atoms. The first kappa shape index (κ1) is 20.6. The van der Waals surface area contributed by atoms with Crippen LogP contribution in [-0.4, -0.2) is 36.5 Å². The molecule has 27 heavy (non-hydrogen) atoms. The second-order valence-electron chi connectivity index (χ2n) is 5.08. The van der Waals surface area contributed by atoms with Gasteiger partial charge in [-0.1, -0.05) is 15.9 Å². The van der Waals surface area contributed by atoms with E-state index in [1.165, 1.54) is 24.4 Å². The lowest BCUT2D eigenvalue weighted by Gasteiger charge is -2.10. The molecule has 2 aromatic carbocycles. The third-order valence-corrected chi connectivity index (χ3v) is 4.05. The molecule has 0 saturated carbocycles. The van der Waals surface area contributed by atoms with Gasteiger partial charge in [-0.25, -0.2) is 0 Å². The van der Waals surface area contributed by atoms with E-state index >= 15 is 0 Å². The van der Waals surface area contributed by atoms with E-state index in [9.17, 15) is 10.1 Å². The van der Waals surface area contributed by atoms with Crippen LogP contribution in [0, 0.1) is 10.1 Å². The van der Waals surface area contributed by atoms with E-state index in [1.807, 2.05) is 24.3 Å². The van der Waals surface area contributed by atoms with Crippen LogP contribution in [0.1, 0.15) is 5.56 Å². The van der Waals surface area contributed by atoms with Crippen LogP contribution in [0.5, 0.6) is 11.5 Å². The predicted octanol–water partition coefficient (Wildman–Crippen LogP) is 3.24. The zero-order chi connectivity index (χ0) is 19.6. The molecule has 2 rings (SSSR count). The minimum absolute atomic E-state index is 0.0638. The fraction of sp³-hybridized carbons (Fsp3) is 0.176. The number of nitro groups is 1. The van der Waals surface area contributed by atoms with E-state index < -0.39 is 4.92 Å². The molecule has 0 bridgehead atoms. The Morgan fingerprint density at radius 1 is 1.26 bits per heavy atom. The van der Waals surface area contributed by atoms with E-state index in [1.54, 1.807) is 7.05 Å². The Morgan fingerprint density at radius 2 is 1.96 bits per heavy atom. The number of non-ortho nitro benzene ring substituents is 1. The van der Waals surface area contributed by atoms with Gasteiger partial charge in [0.2, 0.25) is 0 Å². The number of thiocarbonyl (C=S) groups is 1. The second-order valence-corrected chi connectivity index (χ2v) is 6.40. The molecule has 0 aliphatic carbocycles. The smallest absolute Gasteiger partial charge is 0.270 e.